The lowest BCUT2D eigenvalue weighted by molar-refractivity contribution is 0.229. The van der Waals surface area contributed by atoms with Crippen molar-refractivity contribution in [2.75, 3.05) is 78.2 Å². The lowest BCUT2D eigenvalue weighted by Gasteiger charge is -2.35. The third-order valence-corrected chi connectivity index (χ3v) is 6.76. The largest absolute Gasteiger partial charge is 0.497 e. The number of ether oxygens (including phenoxy) is 2. The van der Waals surface area contributed by atoms with Crippen molar-refractivity contribution in [1.82, 2.24) is 29.5 Å². The third kappa shape index (κ3) is 5.16. The van der Waals surface area contributed by atoms with Gasteiger partial charge in [-0.15, -0.1) is 5.10 Å². The Morgan fingerprint density at radius 3 is 2.08 bits per heavy atom. The second-order valence-corrected chi connectivity index (χ2v) is 9.43. The molecule has 0 saturated carbocycles. The summed E-state index contributed by atoms with van der Waals surface area (Å²) in [6.07, 6.45) is 0. The average Bonchev–Trinajstić information content (AvgIpc) is 3.28. The topological polar surface area (TPSA) is 97.8 Å². The quantitative estimate of drug-likeness (QED) is 0.390. The van der Waals surface area contributed by atoms with E-state index < -0.39 is 0 Å². The molecule has 0 radical (unpaired) electrons. The van der Waals surface area contributed by atoms with Crippen LogP contribution in [0.15, 0.2) is 48.5 Å². The molecule has 0 aliphatic carbocycles. The van der Waals surface area contributed by atoms with Crippen molar-refractivity contribution in [2.45, 2.75) is 0 Å². The molecule has 0 spiro atoms. The van der Waals surface area contributed by atoms with Crippen LogP contribution in [0.5, 0.6) is 11.5 Å². The van der Waals surface area contributed by atoms with Crippen molar-refractivity contribution < 1.29 is 9.47 Å². The van der Waals surface area contributed by atoms with E-state index >= 15 is 0 Å². The van der Waals surface area contributed by atoms with E-state index in [0.29, 0.717) is 17.4 Å². The number of piperazine rings is 1. The Bertz CT molecular complexity index is 1340. The monoisotopic (exact) mass is 502 g/mol. The van der Waals surface area contributed by atoms with E-state index in [-0.39, 0.29) is 0 Å². The van der Waals surface area contributed by atoms with Gasteiger partial charge in [0.05, 0.1) is 31.0 Å². The van der Waals surface area contributed by atoms with E-state index in [1.165, 1.54) is 0 Å². The molecule has 0 unspecified atom stereocenters. The zero-order valence-corrected chi connectivity index (χ0v) is 21.9. The number of likely N-dealkylation sites (N-methyl/N-ethyl adjacent to an activating group) is 1. The Balaban J connectivity index is 1.54. The number of nitrogens with zero attached hydrogens (tertiary/aromatic N) is 7. The first-order valence-corrected chi connectivity index (χ1v) is 12.4. The molecule has 1 fully saturated rings. The fourth-order valence-corrected chi connectivity index (χ4v) is 4.53. The summed E-state index contributed by atoms with van der Waals surface area (Å²) in [5.41, 5.74) is 9.77. The van der Waals surface area contributed by atoms with E-state index in [1.807, 2.05) is 48.5 Å². The molecule has 2 aromatic carbocycles. The summed E-state index contributed by atoms with van der Waals surface area (Å²) in [7, 11) is 7.52. The first kappa shape index (κ1) is 24.8. The third-order valence-electron chi connectivity index (χ3n) is 6.76. The number of methoxy groups -OCH3 is 2. The molecule has 0 atom stereocenters. The van der Waals surface area contributed by atoms with Gasteiger partial charge in [-0.05, 0) is 62.6 Å². The molecule has 10 nitrogen and oxygen atoms in total. The van der Waals surface area contributed by atoms with Gasteiger partial charge < -0.3 is 25.0 Å². The van der Waals surface area contributed by atoms with E-state index in [9.17, 15) is 0 Å². The van der Waals surface area contributed by atoms with Crippen LogP contribution in [0.2, 0.25) is 0 Å². The molecule has 0 bridgehead atoms. The minimum atomic E-state index is 0.492. The zero-order valence-electron chi connectivity index (χ0n) is 21.9. The fraction of sp³-hybridized carbons (Fsp3) is 0.370. The normalized spacial score (nSPS) is 14.5. The number of hydrogen-bond donors (Lipinski definition) is 1. The Kier molecular flexibility index (Phi) is 7.11. The van der Waals surface area contributed by atoms with Gasteiger partial charge in [0.2, 0.25) is 5.95 Å². The second kappa shape index (κ2) is 10.6. The minimum Gasteiger partial charge on any atom is -0.497 e. The van der Waals surface area contributed by atoms with Crippen LogP contribution in [-0.4, -0.2) is 97.1 Å². The van der Waals surface area contributed by atoms with Crippen LogP contribution in [0.3, 0.4) is 0 Å². The van der Waals surface area contributed by atoms with Crippen LogP contribution in [0.4, 0.5) is 11.8 Å². The number of nitrogen functional groups attached to an aromatic ring is 1. The molecule has 37 heavy (non-hydrogen) atoms. The van der Waals surface area contributed by atoms with Gasteiger partial charge in [-0.2, -0.15) is 4.98 Å². The molecule has 2 aromatic heterocycles. The van der Waals surface area contributed by atoms with Crippen molar-refractivity contribution in [3.05, 3.63) is 48.5 Å². The summed E-state index contributed by atoms with van der Waals surface area (Å²) < 4.78 is 12.4. The predicted octanol–water partition coefficient (Wildman–Crippen LogP) is 2.77. The number of hydrogen-bond acceptors (Lipinski definition) is 9. The molecule has 194 valence electrons. The van der Waals surface area contributed by atoms with Crippen molar-refractivity contribution in [1.29, 1.82) is 0 Å². The van der Waals surface area contributed by atoms with E-state index in [4.69, 9.17) is 30.3 Å². The van der Waals surface area contributed by atoms with E-state index in [1.54, 1.807) is 18.9 Å². The highest BCUT2D eigenvalue weighted by Gasteiger charge is 2.24. The molecule has 1 aliphatic heterocycles. The molecule has 1 aliphatic rings. The summed E-state index contributed by atoms with van der Waals surface area (Å²) in [4.78, 5) is 16.9. The Morgan fingerprint density at radius 2 is 1.49 bits per heavy atom. The van der Waals surface area contributed by atoms with E-state index in [2.05, 4.69) is 28.8 Å². The summed E-state index contributed by atoms with van der Waals surface area (Å²) in [5.74, 6) is 2.71. The van der Waals surface area contributed by atoms with Crippen LogP contribution < -0.4 is 20.1 Å². The van der Waals surface area contributed by atoms with Gasteiger partial charge in [0, 0.05) is 44.8 Å². The Labute approximate surface area is 217 Å². The SMILES string of the molecule is COc1ccc(-c2nc(N3CCN(CCN(C)C)CC3)nc3nn(-c4ccc(OC)cc4)c(N)c23)cc1. The highest BCUT2D eigenvalue weighted by molar-refractivity contribution is 5.99. The average molecular weight is 503 g/mol. The minimum absolute atomic E-state index is 0.492. The van der Waals surface area contributed by atoms with Crippen molar-refractivity contribution in [3.63, 3.8) is 0 Å². The molecule has 5 rings (SSSR count). The van der Waals surface area contributed by atoms with Crippen molar-refractivity contribution >= 4 is 22.8 Å². The lowest BCUT2D eigenvalue weighted by atomic mass is 10.1. The van der Waals surface area contributed by atoms with Gasteiger partial charge in [0.25, 0.3) is 0 Å². The van der Waals surface area contributed by atoms with Crippen LogP contribution in [0.25, 0.3) is 28.0 Å². The molecule has 2 N–H and O–H groups in total. The number of nitrogens with two attached hydrogens (primary N) is 1. The standard InChI is InChI=1S/C27H34N8O2/c1-32(2)13-14-33-15-17-34(18-16-33)27-29-24(19-5-9-21(36-3)10-6-19)23-25(28)35(31-26(23)30-27)20-7-11-22(37-4)12-8-20/h5-12H,13-18,28H2,1-4H3. The second-order valence-electron chi connectivity index (χ2n) is 9.43. The molecule has 1 saturated heterocycles. The number of aromatic nitrogens is 4. The van der Waals surface area contributed by atoms with Crippen molar-refractivity contribution in [2.24, 2.45) is 0 Å². The predicted molar refractivity (Wildman–Crippen MR) is 147 cm³/mol. The van der Waals surface area contributed by atoms with Crippen molar-refractivity contribution in [3.8, 4) is 28.4 Å². The molecular weight excluding hydrogens is 468 g/mol. The lowest BCUT2D eigenvalue weighted by Crippen LogP contribution is -2.48. The Morgan fingerprint density at radius 1 is 0.865 bits per heavy atom. The van der Waals surface area contributed by atoms with Crippen LogP contribution >= 0.6 is 0 Å². The molecular formula is C27H34N8O2. The zero-order chi connectivity index (χ0) is 25.9. The highest BCUT2D eigenvalue weighted by atomic mass is 16.5. The van der Waals surface area contributed by atoms with Gasteiger partial charge in [-0.1, -0.05) is 0 Å². The molecule has 4 aromatic rings. The maximum absolute atomic E-state index is 6.68. The maximum Gasteiger partial charge on any atom is 0.228 e. The summed E-state index contributed by atoms with van der Waals surface area (Å²) >= 11 is 0. The fourth-order valence-electron chi connectivity index (χ4n) is 4.53. The van der Waals surface area contributed by atoms with Crippen LogP contribution in [-0.2, 0) is 0 Å². The first-order valence-electron chi connectivity index (χ1n) is 12.4. The smallest absolute Gasteiger partial charge is 0.228 e. The van der Waals surface area contributed by atoms with Gasteiger partial charge in [0.15, 0.2) is 5.65 Å². The van der Waals surface area contributed by atoms with E-state index in [0.717, 1.165) is 73.1 Å². The molecule has 3 heterocycles. The van der Waals surface area contributed by atoms with Gasteiger partial charge in [-0.25, -0.2) is 9.67 Å². The summed E-state index contributed by atoms with van der Waals surface area (Å²) in [5, 5.41) is 5.54. The summed E-state index contributed by atoms with van der Waals surface area (Å²) in [6.45, 7) is 5.75. The maximum atomic E-state index is 6.68. The molecule has 10 heteroatoms. The number of benzene rings is 2. The van der Waals surface area contributed by atoms with Crippen LogP contribution in [0.1, 0.15) is 0 Å². The molecule has 0 amide bonds. The van der Waals surface area contributed by atoms with Gasteiger partial charge in [0.1, 0.15) is 17.3 Å². The first-order chi connectivity index (χ1) is 18.0. The van der Waals surface area contributed by atoms with Gasteiger partial charge in [-0.3, -0.25) is 4.90 Å². The summed E-state index contributed by atoms with van der Waals surface area (Å²) in [6, 6.07) is 15.5. The number of fused-ring (bicyclic) bond motifs is 1. The Hall–Kier alpha value is -3.89. The van der Waals surface area contributed by atoms with Gasteiger partial charge >= 0.3 is 0 Å². The highest BCUT2D eigenvalue weighted by Crippen LogP contribution is 2.34. The van der Waals surface area contributed by atoms with Crippen LogP contribution in [0, 0.1) is 0 Å². The number of rotatable bonds is 8. The number of anilines is 2.